The molecule has 0 unspecified atom stereocenters. The predicted octanol–water partition coefficient (Wildman–Crippen LogP) is 2.02. The van der Waals surface area contributed by atoms with Gasteiger partial charge < -0.3 is 11.1 Å². The van der Waals surface area contributed by atoms with Crippen LogP contribution in [0.5, 0.6) is 0 Å². The maximum atomic E-state index is 5.84. The lowest BCUT2D eigenvalue weighted by molar-refractivity contribution is 0.130. The van der Waals surface area contributed by atoms with Gasteiger partial charge in [0.15, 0.2) is 5.96 Å². The number of guanidine groups is 1. The maximum absolute atomic E-state index is 5.84. The standard InChI is InChI=1S/C12H23N3/c1-2-6-12(7-3-8-12)9-14-11(13)15-10-4-5-10/h10H,2-9H2,1H3,(H3,13,14,15). The van der Waals surface area contributed by atoms with Crippen molar-refractivity contribution < 1.29 is 0 Å². The summed E-state index contributed by atoms with van der Waals surface area (Å²) in [6.07, 6.45) is 9.18. The highest BCUT2D eigenvalue weighted by Gasteiger charge is 2.35. The van der Waals surface area contributed by atoms with Gasteiger partial charge in [0.05, 0.1) is 0 Å². The Morgan fingerprint density at radius 2 is 2.20 bits per heavy atom. The summed E-state index contributed by atoms with van der Waals surface area (Å²) in [5.74, 6) is 0.667. The van der Waals surface area contributed by atoms with E-state index in [0.29, 0.717) is 17.4 Å². The van der Waals surface area contributed by atoms with Gasteiger partial charge in [-0.25, -0.2) is 0 Å². The normalized spacial score (nSPS) is 24.7. The summed E-state index contributed by atoms with van der Waals surface area (Å²) in [7, 11) is 0. The number of nitrogens with zero attached hydrogens (tertiary/aromatic N) is 1. The molecule has 3 heteroatoms. The molecule has 0 heterocycles. The van der Waals surface area contributed by atoms with E-state index in [4.69, 9.17) is 5.73 Å². The third-order valence-electron chi connectivity index (χ3n) is 3.71. The van der Waals surface area contributed by atoms with Crippen LogP contribution < -0.4 is 11.1 Å². The number of aliphatic imine (C=N–C) groups is 1. The molecule has 0 aliphatic heterocycles. The molecule has 2 aliphatic rings. The molecule has 3 nitrogen and oxygen atoms in total. The molecule has 2 aliphatic carbocycles. The minimum absolute atomic E-state index is 0.505. The van der Waals surface area contributed by atoms with E-state index in [1.54, 1.807) is 0 Å². The minimum atomic E-state index is 0.505. The van der Waals surface area contributed by atoms with Crippen LogP contribution in [0.1, 0.15) is 51.9 Å². The van der Waals surface area contributed by atoms with Crippen molar-refractivity contribution in [3.8, 4) is 0 Å². The van der Waals surface area contributed by atoms with E-state index in [9.17, 15) is 0 Å². The third kappa shape index (κ3) is 2.86. The molecule has 0 spiro atoms. The Kier molecular flexibility index (Phi) is 3.17. The summed E-state index contributed by atoms with van der Waals surface area (Å²) in [5.41, 5.74) is 6.34. The second kappa shape index (κ2) is 4.42. The average Bonchev–Trinajstić information content (AvgIpc) is 2.93. The summed E-state index contributed by atoms with van der Waals surface area (Å²) in [6, 6.07) is 0.622. The molecule has 2 saturated carbocycles. The maximum Gasteiger partial charge on any atom is 0.188 e. The zero-order chi connectivity index (χ0) is 10.7. The third-order valence-corrected chi connectivity index (χ3v) is 3.71. The van der Waals surface area contributed by atoms with E-state index in [1.165, 1.54) is 44.9 Å². The molecule has 0 saturated heterocycles. The first-order valence-electron chi connectivity index (χ1n) is 6.31. The second-order valence-electron chi connectivity index (χ2n) is 5.22. The molecule has 0 aromatic heterocycles. The Bertz CT molecular complexity index is 239. The van der Waals surface area contributed by atoms with Gasteiger partial charge in [0.25, 0.3) is 0 Å². The lowest BCUT2D eigenvalue weighted by Crippen LogP contribution is -2.37. The Labute approximate surface area is 92.5 Å². The Balaban J connectivity index is 1.78. The van der Waals surface area contributed by atoms with E-state index < -0.39 is 0 Å². The summed E-state index contributed by atoms with van der Waals surface area (Å²) in [4.78, 5) is 4.50. The van der Waals surface area contributed by atoms with Crippen LogP contribution in [0.4, 0.5) is 0 Å². The van der Waals surface area contributed by atoms with Crippen molar-refractivity contribution in [2.45, 2.75) is 57.9 Å². The highest BCUT2D eigenvalue weighted by molar-refractivity contribution is 5.78. The first-order valence-corrected chi connectivity index (χ1v) is 6.31. The molecular weight excluding hydrogens is 186 g/mol. The van der Waals surface area contributed by atoms with Crippen LogP contribution in [0.15, 0.2) is 4.99 Å². The fraction of sp³-hybridized carbons (Fsp3) is 0.917. The van der Waals surface area contributed by atoms with Crippen LogP contribution in [0.2, 0.25) is 0 Å². The number of rotatable bonds is 5. The molecule has 0 amide bonds. The second-order valence-corrected chi connectivity index (χ2v) is 5.22. The number of hydrogen-bond donors (Lipinski definition) is 2. The van der Waals surface area contributed by atoms with Gasteiger partial charge >= 0.3 is 0 Å². The largest absolute Gasteiger partial charge is 0.370 e. The molecule has 86 valence electrons. The van der Waals surface area contributed by atoms with Crippen molar-refractivity contribution in [2.75, 3.05) is 6.54 Å². The Morgan fingerprint density at radius 1 is 1.47 bits per heavy atom. The molecule has 0 aromatic rings. The molecule has 15 heavy (non-hydrogen) atoms. The fourth-order valence-electron chi connectivity index (χ4n) is 2.43. The van der Waals surface area contributed by atoms with Crippen molar-refractivity contribution in [2.24, 2.45) is 16.1 Å². The lowest BCUT2D eigenvalue weighted by Gasteiger charge is -2.40. The first-order chi connectivity index (χ1) is 7.24. The van der Waals surface area contributed by atoms with E-state index in [1.807, 2.05) is 0 Å². The lowest BCUT2D eigenvalue weighted by atomic mass is 9.66. The van der Waals surface area contributed by atoms with Crippen molar-refractivity contribution in [1.29, 1.82) is 0 Å². The van der Waals surface area contributed by atoms with Gasteiger partial charge in [0.2, 0.25) is 0 Å². The number of nitrogens with two attached hydrogens (primary N) is 1. The Hall–Kier alpha value is -0.730. The molecule has 0 radical (unpaired) electrons. The average molecular weight is 209 g/mol. The number of nitrogens with one attached hydrogen (secondary N) is 1. The van der Waals surface area contributed by atoms with Crippen LogP contribution in [0.25, 0.3) is 0 Å². The molecule has 0 aromatic carbocycles. The van der Waals surface area contributed by atoms with Crippen LogP contribution in [0.3, 0.4) is 0 Å². The molecular formula is C12H23N3. The summed E-state index contributed by atoms with van der Waals surface area (Å²) in [6.45, 7) is 3.20. The van der Waals surface area contributed by atoms with Crippen LogP contribution in [0, 0.1) is 5.41 Å². The van der Waals surface area contributed by atoms with Gasteiger partial charge in [-0.2, -0.15) is 0 Å². The van der Waals surface area contributed by atoms with Crippen molar-refractivity contribution in [3.63, 3.8) is 0 Å². The van der Waals surface area contributed by atoms with Crippen LogP contribution >= 0.6 is 0 Å². The summed E-state index contributed by atoms with van der Waals surface area (Å²) < 4.78 is 0. The zero-order valence-electron chi connectivity index (χ0n) is 9.76. The zero-order valence-corrected chi connectivity index (χ0v) is 9.76. The van der Waals surface area contributed by atoms with Gasteiger partial charge in [-0.3, -0.25) is 4.99 Å². The highest BCUT2D eigenvalue weighted by Crippen LogP contribution is 2.44. The quantitative estimate of drug-likeness (QED) is 0.537. The van der Waals surface area contributed by atoms with Crippen LogP contribution in [-0.2, 0) is 0 Å². The summed E-state index contributed by atoms with van der Waals surface area (Å²) in [5, 5.41) is 3.24. The Morgan fingerprint density at radius 3 is 2.67 bits per heavy atom. The molecule has 2 rings (SSSR count). The molecule has 0 atom stereocenters. The highest BCUT2D eigenvalue weighted by atomic mass is 15.1. The van der Waals surface area contributed by atoms with E-state index in [2.05, 4.69) is 17.2 Å². The van der Waals surface area contributed by atoms with E-state index in [-0.39, 0.29) is 0 Å². The van der Waals surface area contributed by atoms with Crippen molar-refractivity contribution in [3.05, 3.63) is 0 Å². The van der Waals surface area contributed by atoms with E-state index >= 15 is 0 Å². The van der Waals surface area contributed by atoms with Gasteiger partial charge in [-0.15, -0.1) is 0 Å². The molecule has 0 bridgehead atoms. The minimum Gasteiger partial charge on any atom is -0.370 e. The van der Waals surface area contributed by atoms with E-state index in [0.717, 1.165) is 6.54 Å². The van der Waals surface area contributed by atoms with Gasteiger partial charge in [-0.1, -0.05) is 19.8 Å². The topological polar surface area (TPSA) is 50.4 Å². The first kappa shape index (κ1) is 10.8. The fourth-order valence-corrected chi connectivity index (χ4v) is 2.43. The summed E-state index contributed by atoms with van der Waals surface area (Å²) >= 11 is 0. The molecule has 3 N–H and O–H groups in total. The van der Waals surface area contributed by atoms with Crippen LogP contribution in [-0.4, -0.2) is 18.5 Å². The predicted molar refractivity (Wildman–Crippen MR) is 63.8 cm³/mol. The SMILES string of the molecule is CCCC1(CN=C(N)NC2CC2)CCC1. The monoisotopic (exact) mass is 209 g/mol. The van der Waals surface area contributed by atoms with Gasteiger partial charge in [-0.05, 0) is 37.5 Å². The van der Waals surface area contributed by atoms with Crippen molar-refractivity contribution >= 4 is 5.96 Å². The number of hydrogen-bond acceptors (Lipinski definition) is 1. The van der Waals surface area contributed by atoms with Crippen molar-refractivity contribution in [1.82, 2.24) is 5.32 Å². The van der Waals surface area contributed by atoms with Gasteiger partial charge in [0.1, 0.15) is 0 Å². The van der Waals surface area contributed by atoms with Gasteiger partial charge in [0, 0.05) is 12.6 Å². The smallest absolute Gasteiger partial charge is 0.188 e. The molecule has 2 fully saturated rings.